The predicted octanol–water partition coefficient (Wildman–Crippen LogP) is 1.53. The van der Waals surface area contributed by atoms with Crippen molar-refractivity contribution in [3.8, 4) is 0 Å². The van der Waals surface area contributed by atoms with Crippen molar-refractivity contribution in [3.63, 3.8) is 0 Å². The zero-order valence-corrected chi connectivity index (χ0v) is 11.6. The number of rotatable bonds is 5. The van der Waals surface area contributed by atoms with Crippen molar-refractivity contribution < 1.29 is 14.0 Å². The summed E-state index contributed by atoms with van der Waals surface area (Å²) in [6.07, 6.45) is 2.97. The van der Waals surface area contributed by atoms with Gasteiger partial charge in [0.2, 0.25) is 0 Å². The van der Waals surface area contributed by atoms with Crippen LogP contribution in [0.3, 0.4) is 0 Å². The fraction of sp³-hybridized carbons (Fsp3) is 0.154. The quantitative estimate of drug-likeness (QED) is 0.647. The number of hydrazone groups is 1. The predicted molar refractivity (Wildman–Crippen MR) is 75.8 cm³/mol. The van der Waals surface area contributed by atoms with Crippen molar-refractivity contribution in [2.75, 3.05) is 6.54 Å². The van der Waals surface area contributed by atoms with Gasteiger partial charge in [0.15, 0.2) is 5.76 Å². The van der Waals surface area contributed by atoms with Crippen molar-refractivity contribution in [3.05, 3.63) is 46.0 Å². The second-order valence-electron chi connectivity index (χ2n) is 3.92. The lowest BCUT2D eigenvalue weighted by molar-refractivity contribution is -0.120. The lowest BCUT2D eigenvalue weighted by Gasteiger charge is -2.01. The summed E-state index contributed by atoms with van der Waals surface area (Å²) in [5.74, 6) is -0.686. The maximum atomic E-state index is 11.5. The third-order valence-corrected chi connectivity index (χ3v) is 3.38. The number of furan rings is 1. The summed E-state index contributed by atoms with van der Waals surface area (Å²) < 4.78 is 4.90. The number of thiophene rings is 1. The van der Waals surface area contributed by atoms with Gasteiger partial charge >= 0.3 is 0 Å². The van der Waals surface area contributed by atoms with Crippen LogP contribution in [0.15, 0.2) is 39.4 Å². The molecule has 0 radical (unpaired) electrons. The maximum absolute atomic E-state index is 11.5. The summed E-state index contributed by atoms with van der Waals surface area (Å²) in [7, 11) is 0. The molecule has 2 N–H and O–H groups in total. The standard InChI is InChI=1S/C13H13N3O3S/c1-9-4-6-20-11(9)7-15-16-12(17)8-14-13(18)10-3-2-5-19-10/h2-7H,8H2,1H3,(H,14,18)(H,16,17). The highest BCUT2D eigenvalue weighted by Gasteiger charge is 2.09. The number of nitrogens with zero attached hydrogens (tertiary/aromatic N) is 1. The topological polar surface area (TPSA) is 83.7 Å². The number of hydrogen-bond acceptors (Lipinski definition) is 5. The Morgan fingerprint density at radius 3 is 2.95 bits per heavy atom. The van der Waals surface area contributed by atoms with E-state index in [4.69, 9.17) is 4.42 Å². The number of carbonyl (C=O) groups is 2. The second kappa shape index (κ2) is 6.67. The molecule has 0 saturated carbocycles. The van der Waals surface area contributed by atoms with E-state index in [-0.39, 0.29) is 12.3 Å². The van der Waals surface area contributed by atoms with E-state index in [1.54, 1.807) is 12.3 Å². The van der Waals surface area contributed by atoms with Crippen LogP contribution in [0.2, 0.25) is 0 Å². The molecule has 0 fully saturated rings. The first kappa shape index (κ1) is 14.0. The molecule has 0 saturated heterocycles. The molecule has 104 valence electrons. The van der Waals surface area contributed by atoms with Crippen LogP contribution < -0.4 is 10.7 Å². The van der Waals surface area contributed by atoms with Gasteiger partial charge in [-0.15, -0.1) is 11.3 Å². The minimum atomic E-state index is -0.441. The van der Waals surface area contributed by atoms with Crippen LogP contribution in [0, 0.1) is 6.92 Å². The monoisotopic (exact) mass is 291 g/mol. The highest BCUT2D eigenvalue weighted by atomic mass is 32.1. The molecular weight excluding hydrogens is 278 g/mol. The number of amides is 2. The van der Waals surface area contributed by atoms with Crippen molar-refractivity contribution in [2.45, 2.75) is 6.92 Å². The van der Waals surface area contributed by atoms with Gasteiger partial charge in [0, 0.05) is 4.88 Å². The molecule has 0 aromatic carbocycles. The first-order chi connectivity index (χ1) is 9.66. The Balaban J connectivity index is 1.75. The van der Waals surface area contributed by atoms with Crippen molar-refractivity contribution >= 4 is 29.4 Å². The van der Waals surface area contributed by atoms with Crippen LogP contribution in [0.5, 0.6) is 0 Å². The van der Waals surface area contributed by atoms with E-state index >= 15 is 0 Å². The first-order valence-corrected chi connectivity index (χ1v) is 6.72. The first-order valence-electron chi connectivity index (χ1n) is 5.84. The molecule has 0 aliphatic heterocycles. The molecule has 2 aromatic heterocycles. The number of aryl methyl sites for hydroxylation is 1. The molecule has 2 amide bonds. The van der Waals surface area contributed by atoms with Gasteiger partial charge in [-0.1, -0.05) is 0 Å². The molecule has 0 unspecified atom stereocenters. The van der Waals surface area contributed by atoms with Gasteiger partial charge in [-0.25, -0.2) is 5.43 Å². The largest absolute Gasteiger partial charge is 0.459 e. The molecular formula is C13H13N3O3S. The number of carbonyl (C=O) groups excluding carboxylic acids is 2. The molecule has 2 heterocycles. The zero-order valence-electron chi connectivity index (χ0n) is 10.8. The van der Waals surface area contributed by atoms with Gasteiger partial charge in [0.05, 0.1) is 19.0 Å². The van der Waals surface area contributed by atoms with Gasteiger partial charge in [-0.3, -0.25) is 9.59 Å². The number of hydrogen-bond donors (Lipinski definition) is 2. The summed E-state index contributed by atoms with van der Waals surface area (Å²) in [6, 6.07) is 5.09. The molecule has 2 aromatic rings. The Morgan fingerprint density at radius 1 is 1.45 bits per heavy atom. The van der Waals surface area contributed by atoms with Crippen LogP contribution in [-0.2, 0) is 4.79 Å². The van der Waals surface area contributed by atoms with E-state index in [1.807, 2.05) is 18.4 Å². The minimum Gasteiger partial charge on any atom is -0.459 e. The van der Waals surface area contributed by atoms with Gasteiger partial charge < -0.3 is 9.73 Å². The molecule has 0 aliphatic carbocycles. The lowest BCUT2D eigenvalue weighted by atomic mass is 10.3. The molecule has 20 heavy (non-hydrogen) atoms. The fourth-order valence-corrected chi connectivity index (χ4v) is 2.16. The summed E-state index contributed by atoms with van der Waals surface area (Å²) in [5.41, 5.74) is 3.44. The molecule has 0 aliphatic rings. The normalized spacial score (nSPS) is 10.7. The van der Waals surface area contributed by atoms with Crippen LogP contribution in [0.25, 0.3) is 0 Å². The van der Waals surface area contributed by atoms with Crippen molar-refractivity contribution in [1.29, 1.82) is 0 Å². The van der Waals surface area contributed by atoms with Crippen molar-refractivity contribution in [1.82, 2.24) is 10.7 Å². The lowest BCUT2D eigenvalue weighted by Crippen LogP contribution is -2.34. The second-order valence-corrected chi connectivity index (χ2v) is 4.87. The van der Waals surface area contributed by atoms with E-state index in [2.05, 4.69) is 15.8 Å². The maximum Gasteiger partial charge on any atom is 0.287 e. The van der Waals surface area contributed by atoms with E-state index in [1.165, 1.54) is 23.7 Å². The van der Waals surface area contributed by atoms with Crippen LogP contribution >= 0.6 is 11.3 Å². The minimum absolute atomic E-state index is 0.163. The highest BCUT2D eigenvalue weighted by Crippen LogP contribution is 2.12. The third kappa shape index (κ3) is 3.79. The van der Waals surface area contributed by atoms with E-state index in [0.29, 0.717) is 0 Å². The Bertz CT molecular complexity index is 617. The smallest absolute Gasteiger partial charge is 0.287 e. The fourth-order valence-electron chi connectivity index (χ4n) is 1.37. The Hall–Kier alpha value is -2.41. The van der Waals surface area contributed by atoms with Gasteiger partial charge in [0.25, 0.3) is 11.8 Å². The van der Waals surface area contributed by atoms with Gasteiger partial charge in [0.1, 0.15) is 0 Å². The molecule has 0 bridgehead atoms. The van der Waals surface area contributed by atoms with Crippen LogP contribution in [0.4, 0.5) is 0 Å². The zero-order chi connectivity index (χ0) is 14.4. The van der Waals surface area contributed by atoms with Crippen molar-refractivity contribution in [2.24, 2.45) is 5.10 Å². The Morgan fingerprint density at radius 2 is 2.30 bits per heavy atom. The molecule has 7 heteroatoms. The average Bonchev–Trinajstić information content (AvgIpc) is 3.08. The van der Waals surface area contributed by atoms with E-state index in [0.717, 1.165) is 10.4 Å². The van der Waals surface area contributed by atoms with Crippen LogP contribution in [-0.4, -0.2) is 24.6 Å². The highest BCUT2D eigenvalue weighted by molar-refractivity contribution is 7.11. The summed E-state index contributed by atoms with van der Waals surface area (Å²) in [6.45, 7) is 1.80. The Labute approximate surface area is 119 Å². The van der Waals surface area contributed by atoms with E-state index < -0.39 is 11.8 Å². The van der Waals surface area contributed by atoms with Gasteiger partial charge in [-0.05, 0) is 36.1 Å². The molecule has 0 spiro atoms. The molecule has 6 nitrogen and oxygen atoms in total. The summed E-state index contributed by atoms with van der Waals surface area (Å²) in [5, 5.41) is 8.20. The molecule has 2 rings (SSSR count). The average molecular weight is 291 g/mol. The Kier molecular flexibility index (Phi) is 4.67. The van der Waals surface area contributed by atoms with Gasteiger partial charge in [-0.2, -0.15) is 5.10 Å². The summed E-state index contributed by atoms with van der Waals surface area (Å²) >= 11 is 1.53. The number of nitrogens with one attached hydrogen (secondary N) is 2. The van der Waals surface area contributed by atoms with E-state index in [9.17, 15) is 9.59 Å². The molecule has 0 atom stereocenters. The SMILES string of the molecule is Cc1ccsc1C=NNC(=O)CNC(=O)c1ccco1. The van der Waals surface area contributed by atoms with Crippen LogP contribution in [0.1, 0.15) is 21.0 Å². The third-order valence-electron chi connectivity index (χ3n) is 2.43. The summed E-state index contributed by atoms with van der Waals surface area (Å²) in [4.78, 5) is 23.9.